The first-order valence-electron chi connectivity index (χ1n) is 7.92. The SMILES string of the molecule is O=C(O)CCC(NC(=O)NC(CSCc1ccc(S[At])cc1)C(=O)O)C(=O)O. The number of aliphatic carboxylic acids is 3. The second-order valence-corrected chi connectivity index (χ2v) is 9.02. The van der Waals surface area contributed by atoms with Gasteiger partial charge < -0.3 is 10.2 Å². The summed E-state index contributed by atoms with van der Waals surface area (Å²) in [6, 6.07) is 4.24. The third-order valence-electron chi connectivity index (χ3n) is 3.42. The van der Waals surface area contributed by atoms with Crippen LogP contribution >= 0.6 is 20.3 Å². The Balaban J connectivity index is 2.53. The topological polar surface area (TPSA) is 153 Å². The van der Waals surface area contributed by atoms with Crippen molar-refractivity contribution >= 4 is 44.2 Å². The molecule has 2 amide bonds. The number of amides is 2. The molecule has 0 saturated heterocycles. The van der Waals surface area contributed by atoms with E-state index in [1.54, 1.807) is 31.8 Å². The van der Waals surface area contributed by atoms with Crippen LogP contribution in [0.25, 0.3) is 0 Å². The fourth-order valence-corrected chi connectivity index (χ4v) is 4.44. The van der Waals surface area contributed by atoms with E-state index in [1.807, 2.05) is 24.3 Å². The van der Waals surface area contributed by atoms with Gasteiger partial charge in [-0.1, -0.05) is 0 Å². The summed E-state index contributed by atoms with van der Waals surface area (Å²) in [7, 11) is 1.67. The number of carbonyl (C=O) groups is 4. The summed E-state index contributed by atoms with van der Waals surface area (Å²) in [4.78, 5) is 46.0. The molecule has 0 aliphatic heterocycles. The van der Waals surface area contributed by atoms with Crippen molar-refractivity contribution in [2.75, 3.05) is 5.75 Å². The van der Waals surface area contributed by atoms with Crippen molar-refractivity contribution in [3.8, 4) is 0 Å². The van der Waals surface area contributed by atoms with Gasteiger partial charge in [0.25, 0.3) is 0 Å². The van der Waals surface area contributed by atoms with Crippen LogP contribution in [0.4, 0.5) is 4.79 Å². The van der Waals surface area contributed by atoms with Crippen molar-refractivity contribution in [2.45, 2.75) is 35.6 Å². The zero-order valence-corrected chi connectivity index (χ0v) is 19.0. The molecule has 2 unspecified atom stereocenters. The summed E-state index contributed by atoms with van der Waals surface area (Å²) in [6.45, 7) is 0. The average Bonchev–Trinajstić information content (AvgIpc) is 2.64. The van der Waals surface area contributed by atoms with Gasteiger partial charge >= 0.3 is 145 Å². The molecule has 154 valence electrons. The first kappa shape index (κ1) is 24.5. The summed E-state index contributed by atoms with van der Waals surface area (Å²) in [5, 5.41) is 31.2. The number of nitrogens with one attached hydrogen (secondary N) is 2. The number of thioether (sulfide) groups is 1. The fraction of sp³-hybridized carbons (Fsp3) is 0.375. The molecule has 0 aromatic heterocycles. The number of benzene rings is 1. The smallest absolute Gasteiger partial charge is 0.326 e. The zero-order valence-electron chi connectivity index (χ0n) is 14.5. The molecule has 0 fully saturated rings. The summed E-state index contributed by atoms with van der Waals surface area (Å²) in [5.74, 6) is -3.20. The molecule has 28 heavy (non-hydrogen) atoms. The third kappa shape index (κ3) is 9.61. The zero-order chi connectivity index (χ0) is 21.1. The number of carboxylic acids is 3. The van der Waals surface area contributed by atoms with Gasteiger partial charge in [0, 0.05) is 6.42 Å². The summed E-state index contributed by atoms with van der Waals surface area (Å²) < 4.78 is 0. The van der Waals surface area contributed by atoms with E-state index in [4.69, 9.17) is 10.2 Å². The molecule has 1 aromatic carbocycles. The van der Waals surface area contributed by atoms with Crippen LogP contribution in [0.2, 0.25) is 0 Å². The van der Waals surface area contributed by atoms with Crippen LogP contribution in [0.5, 0.6) is 0 Å². The predicted molar refractivity (Wildman–Crippen MR) is 99.8 cm³/mol. The number of carboxylic acid groups (broad SMARTS) is 3. The van der Waals surface area contributed by atoms with Gasteiger partial charge in [-0.15, -0.1) is 0 Å². The maximum atomic E-state index is 11.9. The molecule has 0 saturated carbocycles. The van der Waals surface area contributed by atoms with E-state index in [-0.39, 0.29) is 12.2 Å². The van der Waals surface area contributed by atoms with Gasteiger partial charge in [-0.3, -0.25) is 4.79 Å². The molecule has 0 bridgehead atoms. The van der Waals surface area contributed by atoms with Crippen molar-refractivity contribution in [2.24, 2.45) is 0 Å². The van der Waals surface area contributed by atoms with E-state index < -0.39 is 42.4 Å². The number of carbonyl (C=O) groups excluding carboxylic acids is 1. The molecule has 5 N–H and O–H groups in total. The van der Waals surface area contributed by atoms with Gasteiger partial charge in [-0.2, -0.15) is 0 Å². The van der Waals surface area contributed by atoms with E-state index in [0.29, 0.717) is 5.75 Å². The Morgan fingerprint density at radius 3 is 2.04 bits per heavy atom. The Labute approximate surface area is 183 Å². The monoisotopic (exact) mass is 625 g/mol. The molecule has 2 atom stereocenters. The number of hydrogen-bond donors (Lipinski definition) is 5. The second-order valence-electron chi connectivity index (χ2n) is 5.57. The molecular formula is C16H19AtN2O7S2. The maximum absolute atomic E-state index is 11.9. The third-order valence-corrected chi connectivity index (χ3v) is 7.05. The van der Waals surface area contributed by atoms with Crippen LogP contribution in [0, 0.1) is 23.3 Å². The van der Waals surface area contributed by atoms with E-state index in [2.05, 4.69) is 10.6 Å². The Hall–Kier alpha value is -1.52. The normalized spacial score (nSPS) is 12.6. The molecule has 1 aromatic rings. The summed E-state index contributed by atoms with van der Waals surface area (Å²) in [5.41, 5.74) is 1.02. The number of urea groups is 1. The van der Waals surface area contributed by atoms with Crippen LogP contribution in [0.15, 0.2) is 29.2 Å². The van der Waals surface area contributed by atoms with Gasteiger partial charge in [0.2, 0.25) is 0 Å². The van der Waals surface area contributed by atoms with Crippen molar-refractivity contribution in [3.63, 3.8) is 0 Å². The number of rotatable bonds is 12. The molecule has 12 heteroatoms. The largest absolute Gasteiger partial charge is 0.480 e. The average molecular weight is 625 g/mol. The van der Waals surface area contributed by atoms with Crippen LogP contribution in [-0.2, 0) is 20.1 Å². The summed E-state index contributed by atoms with van der Waals surface area (Å²) >= 11 is 2.90. The van der Waals surface area contributed by atoms with Gasteiger partial charge in [0.05, 0.1) is 0 Å². The number of hydrogen-bond acceptors (Lipinski definition) is 6. The van der Waals surface area contributed by atoms with Crippen molar-refractivity contribution in [1.29, 1.82) is 0 Å². The molecular weight excluding hydrogens is 606 g/mol. The molecule has 0 aliphatic carbocycles. The standard InChI is InChI=1S/C16H19AtN2O7S2/c17-28-10-3-1-9(2-4-10)7-27-8-12(15(24)25)19-16(26)18-11(14(22)23)5-6-13(20)21/h1-4,11-12H,5-8H2,(H,20,21)(H,22,23)(H,24,25)(H2,18,19,26). The van der Waals surface area contributed by atoms with Crippen LogP contribution in [-0.4, -0.2) is 57.1 Å². The Bertz CT molecular complexity index is 703. The van der Waals surface area contributed by atoms with Crippen LogP contribution in [0.1, 0.15) is 18.4 Å². The molecule has 0 heterocycles. The minimum absolute atomic E-state index is 0.0860. The van der Waals surface area contributed by atoms with Gasteiger partial charge in [0.15, 0.2) is 0 Å². The first-order chi connectivity index (χ1) is 13.2. The van der Waals surface area contributed by atoms with Gasteiger partial charge in [-0.25, -0.2) is 4.79 Å². The minimum atomic E-state index is -1.42. The van der Waals surface area contributed by atoms with Crippen molar-refractivity contribution < 1.29 is 57.8 Å². The second kappa shape index (κ2) is 12.8. The Kier molecular flexibility index (Phi) is 11.2. The van der Waals surface area contributed by atoms with Crippen LogP contribution < -0.4 is 10.6 Å². The first-order valence-corrected chi connectivity index (χ1v) is 13.4. The fourth-order valence-electron chi connectivity index (χ4n) is 1.99. The van der Waals surface area contributed by atoms with E-state index >= 15 is 0 Å². The van der Waals surface area contributed by atoms with Crippen molar-refractivity contribution in [1.82, 2.24) is 10.6 Å². The van der Waals surface area contributed by atoms with Crippen LogP contribution in [0.3, 0.4) is 0 Å². The predicted octanol–water partition coefficient (Wildman–Crippen LogP) is 1.55. The Morgan fingerprint density at radius 1 is 0.964 bits per heavy atom. The minimum Gasteiger partial charge on any atom is -0.480 e. The summed E-state index contributed by atoms with van der Waals surface area (Å²) in [6.07, 6.45) is -0.747. The quantitative estimate of drug-likeness (QED) is 0.233. The van der Waals surface area contributed by atoms with E-state index in [1.165, 1.54) is 11.8 Å². The maximum Gasteiger partial charge on any atom is 0.326 e. The molecule has 0 radical (unpaired) electrons. The molecule has 1 rings (SSSR count). The molecule has 9 nitrogen and oxygen atoms in total. The van der Waals surface area contributed by atoms with Crippen molar-refractivity contribution in [3.05, 3.63) is 29.8 Å². The van der Waals surface area contributed by atoms with Gasteiger partial charge in [0.1, 0.15) is 6.04 Å². The molecule has 0 spiro atoms. The van der Waals surface area contributed by atoms with Gasteiger partial charge in [-0.05, 0) is 6.42 Å². The molecule has 0 aliphatic rings. The Morgan fingerprint density at radius 2 is 1.54 bits per heavy atom. The van der Waals surface area contributed by atoms with E-state index in [9.17, 15) is 24.3 Å². The van der Waals surface area contributed by atoms with E-state index in [0.717, 1.165) is 10.5 Å².